The Labute approximate surface area is 185 Å². The predicted molar refractivity (Wildman–Crippen MR) is 114 cm³/mol. The van der Waals surface area contributed by atoms with Crippen molar-refractivity contribution in [2.45, 2.75) is 57.8 Å². The second-order valence-electron chi connectivity index (χ2n) is 7.75. The van der Waals surface area contributed by atoms with E-state index in [4.69, 9.17) is 10.8 Å². The van der Waals surface area contributed by atoms with Gasteiger partial charge >= 0.3 is 11.9 Å². The molecule has 0 radical (unpaired) electrons. The van der Waals surface area contributed by atoms with E-state index in [-0.39, 0.29) is 12.3 Å². The van der Waals surface area contributed by atoms with E-state index in [1.807, 2.05) is 0 Å². The molecule has 11 nitrogen and oxygen atoms in total. The maximum absolute atomic E-state index is 12.7. The highest BCUT2D eigenvalue weighted by atomic mass is 16.4. The molecular formula is C21H30N4O7. The van der Waals surface area contributed by atoms with Crippen LogP contribution in [0.25, 0.3) is 0 Å². The Morgan fingerprint density at radius 1 is 0.844 bits per heavy atom. The first-order chi connectivity index (χ1) is 14.9. The van der Waals surface area contributed by atoms with Crippen molar-refractivity contribution in [1.82, 2.24) is 16.0 Å². The standard InChI is InChI=1S/C21H30N4O7/c1-11(2)17(22)20(30)23-12(3)18(28)24-14(9-13-7-5-4-6-8-13)19(29)25-15(21(31)32)10-16(26)27/h4-8,11-12,14-15,17H,9-10,22H2,1-3H3,(H,23,30)(H,24,28)(H,25,29)(H,26,27)(H,31,32). The van der Waals surface area contributed by atoms with Gasteiger partial charge < -0.3 is 31.9 Å². The number of carbonyl (C=O) groups is 5. The number of carboxylic acids is 2. The van der Waals surface area contributed by atoms with E-state index in [0.717, 1.165) is 0 Å². The number of nitrogens with one attached hydrogen (secondary N) is 3. The summed E-state index contributed by atoms with van der Waals surface area (Å²) in [5, 5.41) is 25.2. The summed E-state index contributed by atoms with van der Waals surface area (Å²) in [4.78, 5) is 59.7. The van der Waals surface area contributed by atoms with Crippen LogP contribution in [0.15, 0.2) is 30.3 Å². The molecule has 3 amide bonds. The molecule has 32 heavy (non-hydrogen) atoms. The van der Waals surface area contributed by atoms with Crippen LogP contribution >= 0.6 is 0 Å². The lowest BCUT2D eigenvalue weighted by atomic mass is 10.0. The van der Waals surface area contributed by atoms with E-state index < -0.39 is 60.2 Å². The number of nitrogens with two attached hydrogens (primary N) is 1. The minimum atomic E-state index is -1.67. The van der Waals surface area contributed by atoms with Crippen LogP contribution in [0.2, 0.25) is 0 Å². The van der Waals surface area contributed by atoms with Crippen molar-refractivity contribution in [3.63, 3.8) is 0 Å². The van der Waals surface area contributed by atoms with Crippen LogP contribution in [0.1, 0.15) is 32.8 Å². The second kappa shape index (κ2) is 12.4. The lowest BCUT2D eigenvalue weighted by molar-refractivity contribution is -0.147. The molecule has 0 heterocycles. The molecule has 7 N–H and O–H groups in total. The van der Waals surface area contributed by atoms with Gasteiger partial charge in [0.05, 0.1) is 12.5 Å². The monoisotopic (exact) mass is 450 g/mol. The quantitative estimate of drug-likeness (QED) is 0.240. The molecule has 0 aromatic heterocycles. The average Bonchev–Trinajstić information content (AvgIpc) is 2.72. The number of amides is 3. The molecule has 4 atom stereocenters. The van der Waals surface area contributed by atoms with Crippen molar-refractivity contribution in [3.05, 3.63) is 35.9 Å². The third-order valence-corrected chi connectivity index (χ3v) is 4.68. The first-order valence-electron chi connectivity index (χ1n) is 10.1. The summed E-state index contributed by atoms with van der Waals surface area (Å²) in [7, 11) is 0. The number of carboxylic acid groups (broad SMARTS) is 2. The van der Waals surface area contributed by atoms with Gasteiger partial charge in [0.2, 0.25) is 17.7 Å². The molecular weight excluding hydrogens is 420 g/mol. The van der Waals surface area contributed by atoms with Gasteiger partial charge in [-0.2, -0.15) is 0 Å². The molecule has 4 unspecified atom stereocenters. The normalized spacial score (nSPS) is 14.5. The number of benzene rings is 1. The van der Waals surface area contributed by atoms with Crippen LogP contribution < -0.4 is 21.7 Å². The maximum atomic E-state index is 12.7. The number of hydrogen-bond acceptors (Lipinski definition) is 6. The largest absolute Gasteiger partial charge is 0.481 e. The Morgan fingerprint density at radius 2 is 1.41 bits per heavy atom. The van der Waals surface area contributed by atoms with Crippen molar-refractivity contribution >= 4 is 29.7 Å². The first-order valence-corrected chi connectivity index (χ1v) is 10.1. The molecule has 1 rings (SSSR count). The van der Waals surface area contributed by atoms with Crippen molar-refractivity contribution in [1.29, 1.82) is 0 Å². The molecule has 0 saturated carbocycles. The van der Waals surface area contributed by atoms with Gasteiger partial charge in [0.1, 0.15) is 18.1 Å². The highest BCUT2D eigenvalue weighted by Crippen LogP contribution is 2.06. The van der Waals surface area contributed by atoms with Gasteiger partial charge in [0.25, 0.3) is 0 Å². The smallest absolute Gasteiger partial charge is 0.326 e. The summed E-state index contributed by atoms with van der Waals surface area (Å²) >= 11 is 0. The molecule has 176 valence electrons. The Hall–Kier alpha value is -3.47. The van der Waals surface area contributed by atoms with E-state index in [0.29, 0.717) is 5.56 Å². The van der Waals surface area contributed by atoms with E-state index in [9.17, 15) is 29.1 Å². The van der Waals surface area contributed by atoms with Gasteiger partial charge in [-0.15, -0.1) is 0 Å². The summed E-state index contributed by atoms with van der Waals surface area (Å²) in [5.74, 6) is -5.15. The van der Waals surface area contributed by atoms with Crippen molar-refractivity contribution in [2.75, 3.05) is 0 Å². The highest BCUT2D eigenvalue weighted by molar-refractivity contribution is 5.94. The van der Waals surface area contributed by atoms with Crippen LogP contribution in [-0.4, -0.2) is 64.0 Å². The minimum Gasteiger partial charge on any atom is -0.481 e. The molecule has 1 aromatic rings. The zero-order valence-electron chi connectivity index (χ0n) is 18.2. The van der Waals surface area contributed by atoms with Crippen molar-refractivity contribution < 1.29 is 34.2 Å². The summed E-state index contributed by atoms with van der Waals surface area (Å²) in [5.41, 5.74) is 6.45. The number of aliphatic carboxylic acids is 2. The SMILES string of the molecule is CC(NC(=O)C(N)C(C)C)C(=O)NC(Cc1ccccc1)C(=O)NC(CC(=O)O)C(=O)O. The minimum absolute atomic E-state index is 0.0179. The molecule has 0 aliphatic rings. The number of rotatable bonds is 12. The first kappa shape index (κ1) is 26.6. The van der Waals surface area contributed by atoms with E-state index in [1.54, 1.807) is 44.2 Å². The van der Waals surface area contributed by atoms with Crippen LogP contribution in [0.5, 0.6) is 0 Å². The topological polar surface area (TPSA) is 188 Å². The lowest BCUT2D eigenvalue weighted by Gasteiger charge is -2.24. The van der Waals surface area contributed by atoms with Gasteiger partial charge in [-0.25, -0.2) is 4.79 Å². The zero-order chi connectivity index (χ0) is 24.4. The van der Waals surface area contributed by atoms with Crippen LogP contribution in [0.3, 0.4) is 0 Å². The highest BCUT2D eigenvalue weighted by Gasteiger charge is 2.30. The molecule has 0 fully saturated rings. The number of hydrogen-bond donors (Lipinski definition) is 6. The molecule has 0 spiro atoms. The predicted octanol–water partition coefficient (Wildman–Crippen LogP) is -0.754. The molecule has 11 heteroatoms. The number of carbonyl (C=O) groups excluding carboxylic acids is 3. The Balaban J connectivity index is 2.96. The van der Waals surface area contributed by atoms with Crippen molar-refractivity contribution in [2.24, 2.45) is 11.7 Å². The summed E-state index contributed by atoms with van der Waals surface area (Å²) < 4.78 is 0. The Kier molecular flexibility index (Phi) is 10.3. The van der Waals surface area contributed by atoms with E-state index in [2.05, 4.69) is 16.0 Å². The molecule has 0 saturated heterocycles. The van der Waals surface area contributed by atoms with Crippen LogP contribution in [-0.2, 0) is 30.4 Å². The summed E-state index contributed by atoms with van der Waals surface area (Å²) in [6, 6.07) is 3.93. The fourth-order valence-electron chi connectivity index (χ4n) is 2.68. The molecule has 0 bridgehead atoms. The molecule has 0 aliphatic heterocycles. The fourth-order valence-corrected chi connectivity index (χ4v) is 2.68. The van der Waals surface area contributed by atoms with Gasteiger partial charge in [0, 0.05) is 6.42 Å². The zero-order valence-corrected chi connectivity index (χ0v) is 18.2. The van der Waals surface area contributed by atoms with E-state index >= 15 is 0 Å². The third kappa shape index (κ3) is 8.72. The second-order valence-corrected chi connectivity index (χ2v) is 7.75. The van der Waals surface area contributed by atoms with Crippen molar-refractivity contribution in [3.8, 4) is 0 Å². The van der Waals surface area contributed by atoms with Crippen LogP contribution in [0, 0.1) is 5.92 Å². The summed E-state index contributed by atoms with van der Waals surface area (Å²) in [6.07, 6.45) is -0.809. The van der Waals surface area contributed by atoms with Gasteiger partial charge in [-0.3, -0.25) is 19.2 Å². The Bertz CT molecular complexity index is 829. The van der Waals surface area contributed by atoms with Crippen LogP contribution in [0.4, 0.5) is 0 Å². The lowest BCUT2D eigenvalue weighted by Crippen LogP contribution is -2.57. The molecule has 1 aromatic carbocycles. The fraction of sp³-hybridized carbons (Fsp3) is 0.476. The van der Waals surface area contributed by atoms with Gasteiger partial charge in [0.15, 0.2) is 0 Å². The van der Waals surface area contributed by atoms with Gasteiger partial charge in [-0.05, 0) is 18.4 Å². The third-order valence-electron chi connectivity index (χ3n) is 4.68. The average molecular weight is 450 g/mol. The van der Waals surface area contributed by atoms with E-state index in [1.165, 1.54) is 6.92 Å². The maximum Gasteiger partial charge on any atom is 0.326 e. The Morgan fingerprint density at radius 3 is 1.91 bits per heavy atom. The summed E-state index contributed by atoms with van der Waals surface area (Å²) in [6.45, 7) is 4.93. The molecule has 0 aliphatic carbocycles. The van der Waals surface area contributed by atoms with Gasteiger partial charge in [-0.1, -0.05) is 44.2 Å².